The summed E-state index contributed by atoms with van der Waals surface area (Å²) in [7, 11) is 0. The number of ether oxygens (including phenoxy) is 2. The molecule has 0 fully saturated rings. The number of nitrogens with two attached hydrogens (primary N) is 1. The Hall–Kier alpha value is -2.89. The minimum atomic E-state index is -0.339. The summed E-state index contributed by atoms with van der Waals surface area (Å²) in [6, 6.07) is 6.28. The number of benzene rings is 1. The minimum Gasteiger partial charge on any atom is -0.493 e. The van der Waals surface area contributed by atoms with Crippen LogP contribution in [0.25, 0.3) is 11.1 Å². The summed E-state index contributed by atoms with van der Waals surface area (Å²) in [4.78, 5) is 9.00. The third kappa shape index (κ3) is 3.63. The normalized spacial score (nSPS) is 16.8. The number of allylic oxidation sites excluding steroid dienone is 1. The molecule has 130 valence electrons. The molecule has 1 unspecified atom stereocenters. The maximum Gasteiger partial charge on any atom is 0.223 e. The SMILES string of the molecule is CCOc1ccc(F)cc1-c1cnc2c(c1)C(C=CN)=NC(C)CO2. The highest BCUT2D eigenvalue weighted by Crippen LogP contribution is 2.33. The zero-order valence-corrected chi connectivity index (χ0v) is 14.2. The first kappa shape index (κ1) is 17.0. The molecule has 0 bridgehead atoms. The minimum absolute atomic E-state index is 0.0167. The summed E-state index contributed by atoms with van der Waals surface area (Å²) in [5, 5.41) is 0. The third-order valence-corrected chi connectivity index (χ3v) is 3.75. The zero-order valence-electron chi connectivity index (χ0n) is 14.2. The second kappa shape index (κ2) is 7.34. The molecule has 2 N–H and O–H groups in total. The van der Waals surface area contributed by atoms with E-state index in [1.54, 1.807) is 18.3 Å². The van der Waals surface area contributed by atoms with Crippen molar-refractivity contribution in [3.05, 3.63) is 54.1 Å². The first-order valence-corrected chi connectivity index (χ1v) is 8.14. The smallest absolute Gasteiger partial charge is 0.223 e. The van der Waals surface area contributed by atoms with Crippen LogP contribution in [0.3, 0.4) is 0 Å². The van der Waals surface area contributed by atoms with Crippen molar-refractivity contribution in [1.82, 2.24) is 4.98 Å². The van der Waals surface area contributed by atoms with Crippen molar-refractivity contribution in [2.75, 3.05) is 13.2 Å². The number of hydrogen-bond donors (Lipinski definition) is 1. The van der Waals surface area contributed by atoms with E-state index in [4.69, 9.17) is 15.2 Å². The van der Waals surface area contributed by atoms with E-state index in [9.17, 15) is 4.39 Å². The molecule has 25 heavy (non-hydrogen) atoms. The molecule has 1 aromatic heterocycles. The van der Waals surface area contributed by atoms with Crippen molar-refractivity contribution in [2.24, 2.45) is 10.7 Å². The third-order valence-electron chi connectivity index (χ3n) is 3.75. The highest BCUT2D eigenvalue weighted by Gasteiger charge is 2.19. The van der Waals surface area contributed by atoms with Crippen molar-refractivity contribution >= 4 is 5.71 Å². The Bertz CT molecular complexity index is 833. The van der Waals surface area contributed by atoms with E-state index in [0.29, 0.717) is 36.1 Å². The molecular formula is C19H20FN3O2. The zero-order chi connectivity index (χ0) is 17.8. The fraction of sp³-hybridized carbons (Fsp3) is 0.263. The number of halogens is 1. The highest BCUT2D eigenvalue weighted by atomic mass is 19.1. The van der Waals surface area contributed by atoms with E-state index in [1.165, 1.54) is 18.3 Å². The van der Waals surface area contributed by atoms with Gasteiger partial charge in [0.25, 0.3) is 0 Å². The Balaban J connectivity index is 2.14. The van der Waals surface area contributed by atoms with Crippen molar-refractivity contribution in [1.29, 1.82) is 0 Å². The summed E-state index contributed by atoms with van der Waals surface area (Å²) < 4.78 is 25.1. The van der Waals surface area contributed by atoms with Crippen LogP contribution in [0.1, 0.15) is 19.4 Å². The van der Waals surface area contributed by atoms with Crippen LogP contribution in [0.15, 0.2) is 47.7 Å². The van der Waals surface area contributed by atoms with Gasteiger partial charge < -0.3 is 15.2 Å². The second-order valence-electron chi connectivity index (χ2n) is 5.68. The molecule has 2 heterocycles. The van der Waals surface area contributed by atoms with Gasteiger partial charge >= 0.3 is 0 Å². The van der Waals surface area contributed by atoms with Crippen LogP contribution in [-0.4, -0.2) is 30.0 Å². The van der Waals surface area contributed by atoms with E-state index in [-0.39, 0.29) is 11.9 Å². The van der Waals surface area contributed by atoms with Gasteiger partial charge in [0.05, 0.1) is 23.9 Å². The average molecular weight is 341 g/mol. The van der Waals surface area contributed by atoms with Crippen molar-refractivity contribution in [3.8, 4) is 22.8 Å². The largest absolute Gasteiger partial charge is 0.493 e. The van der Waals surface area contributed by atoms with Gasteiger partial charge in [-0.25, -0.2) is 9.37 Å². The van der Waals surface area contributed by atoms with Crippen molar-refractivity contribution in [2.45, 2.75) is 19.9 Å². The molecule has 3 rings (SSSR count). The Kier molecular flexibility index (Phi) is 4.97. The summed E-state index contributed by atoms with van der Waals surface area (Å²) >= 11 is 0. The Labute approximate surface area is 146 Å². The molecule has 0 aliphatic carbocycles. The highest BCUT2D eigenvalue weighted by molar-refractivity contribution is 6.11. The summed E-state index contributed by atoms with van der Waals surface area (Å²) in [5.74, 6) is 0.745. The van der Waals surface area contributed by atoms with Crippen molar-refractivity contribution < 1.29 is 13.9 Å². The lowest BCUT2D eigenvalue weighted by atomic mass is 10.0. The van der Waals surface area contributed by atoms with Gasteiger partial charge in [-0.2, -0.15) is 0 Å². The number of aromatic nitrogens is 1. The van der Waals surface area contributed by atoms with Crippen LogP contribution in [0.5, 0.6) is 11.6 Å². The summed E-state index contributed by atoms with van der Waals surface area (Å²) in [5.41, 5.74) is 8.31. The van der Waals surface area contributed by atoms with Gasteiger partial charge in [-0.05, 0) is 50.4 Å². The molecule has 5 nitrogen and oxygen atoms in total. The fourth-order valence-corrected chi connectivity index (χ4v) is 2.67. The monoisotopic (exact) mass is 341 g/mol. The van der Waals surface area contributed by atoms with Gasteiger partial charge in [-0.3, -0.25) is 4.99 Å². The number of nitrogens with zero attached hydrogens (tertiary/aromatic N) is 2. The number of aliphatic imine (C=N–C) groups is 1. The molecule has 6 heteroatoms. The van der Waals surface area contributed by atoms with Crippen LogP contribution >= 0.6 is 0 Å². The first-order chi connectivity index (χ1) is 12.1. The first-order valence-electron chi connectivity index (χ1n) is 8.14. The lowest BCUT2D eigenvalue weighted by Gasteiger charge is -2.13. The van der Waals surface area contributed by atoms with Gasteiger partial charge in [0.2, 0.25) is 5.88 Å². The van der Waals surface area contributed by atoms with Gasteiger partial charge in [0.15, 0.2) is 0 Å². The summed E-state index contributed by atoms with van der Waals surface area (Å²) in [6.45, 7) is 4.76. The molecular weight excluding hydrogens is 321 g/mol. The maximum atomic E-state index is 13.8. The number of fused-ring (bicyclic) bond motifs is 1. The van der Waals surface area contributed by atoms with Gasteiger partial charge in [0.1, 0.15) is 18.2 Å². The molecule has 0 spiro atoms. The molecule has 1 aromatic carbocycles. The standard InChI is InChI=1S/C19H20FN3O2/c1-3-24-18-5-4-14(20)9-15(18)13-8-16-17(6-7-21)23-12(2)11-25-19(16)22-10-13/h4-10,12H,3,11,21H2,1-2H3. The Morgan fingerprint density at radius 3 is 2.96 bits per heavy atom. The molecule has 2 aromatic rings. The predicted molar refractivity (Wildman–Crippen MR) is 95.6 cm³/mol. The van der Waals surface area contributed by atoms with Crippen LogP contribution in [-0.2, 0) is 0 Å². The number of rotatable bonds is 4. The summed E-state index contributed by atoms with van der Waals surface area (Å²) in [6.07, 6.45) is 4.79. The molecule has 0 amide bonds. The van der Waals surface area contributed by atoms with Gasteiger partial charge in [-0.1, -0.05) is 0 Å². The van der Waals surface area contributed by atoms with Gasteiger partial charge in [-0.15, -0.1) is 0 Å². The van der Waals surface area contributed by atoms with E-state index in [2.05, 4.69) is 9.98 Å². The van der Waals surface area contributed by atoms with Crippen molar-refractivity contribution in [3.63, 3.8) is 0 Å². The fourth-order valence-electron chi connectivity index (χ4n) is 2.67. The van der Waals surface area contributed by atoms with Gasteiger partial charge in [0, 0.05) is 17.3 Å². The topological polar surface area (TPSA) is 69.7 Å². The lowest BCUT2D eigenvalue weighted by molar-refractivity contribution is 0.289. The molecule has 1 aliphatic rings. The second-order valence-corrected chi connectivity index (χ2v) is 5.68. The van der Waals surface area contributed by atoms with Crippen LogP contribution in [0, 0.1) is 5.82 Å². The van der Waals surface area contributed by atoms with E-state index in [0.717, 1.165) is 11.1 Å². The molecule has 0 saturated heterocycles. The lowest BCUT2D eigenvalue weighted by Crippen LogP contribution is -2.10. The Morgan fingerprint density at radius 1 is 1.36 bits per heavy atom. The Morgan fingerprint density at radius 2 is 2.20 bits per heavy atom. The maximum absolute atomic E-state index is 13.8. The predicted octanol–water partition coefficient (Wildman–Crippen LogP) is 3.33. The molecule has 1 aliphatic heterocycles. The van der Waals surface area contributed by atoms with E-state index in [1.807, 2.05) is 19.9 Å². The van der Waals surface area contributed by atoms with E-state index >= 15 is 0 Å². The average Bonchev–Trinajstić information content (AvgIpc) is 2.76. The molecule has 0 radical (unpaired) electrons. The van der Waals surface area contributed by atoms with Crippen LogP contribution in [0.2, 0.25) is 0 Å². The van der Waals surface area contributed by atoms with Crippen LogP contribution in [0.4, 0.5) is 4.39 Å². The molecule has 1 atom stereocenters. The number of hydrogen-bond acceptors (Lipinski definition) is 5. The quantitative estimate of drug-likeness (QED) is 0.926. The van der Waals surface area contributed by atoms with Crippen LogP contribution < -0.4 is 15.2 Å². The molecule has 0 saturated carbocycles. The number of pyridine rings is 1. The van der Waals surface area contributed by atoms with E-state index < -0.39 is 0 Å².